The molecular formula is C63H75N9S. The standard InChI is InChI=1S/C39H40N4S.C24H35N5/c1-4-35-33(31-16-11-15-30(26(31)2)24-28-12-6-5-7-13-28)20-21-38(41-35)43-23-22-29-14-10-17-32(34(29)25-43)27(3)40-39-42-36-18-8-9-19-37(36)44-39;1-7-12-28-13-14-29(24(4,5)16-28)19-9-11-21-22(15-19)27(6)26-23(21)20-10-8-17(2)25-18(20)3/h4,8-11,14-21,28H,1,3,5-7,12-13,22-25H2,2H3,(H,40,42);9,11,15,20,25H,2-3,7-8,10,12-14,16H2,1,4-6H3. The summed E-state index contributed by atoms with van der Waals surface area (Å²) < 4.78 is 3.20. The third-order valence-corrected chi connectivity index (χ3v) is 17.0. The summed E-state index contributed by atoms with van der Waals surface area (Å²) in [4.78, 5) is 17.5. The molecule has 7 aromatic rings. The summed E-state index contributed by atoms with van der Waals surface area (Å²) in [6.45, 7) is 32.3. The number of pyridine rings is 1. The largest absolute Gasteiger partial charge is 0.364 e. The van der Waals surface area contributed by atoms with Gasteiger partial charge in [-0.05, 0) is 142 Å². The van der Waals surface area contributed by atoms with Gasteiger partial charge in [-0.15, -0.1) is 0 Å². The van der Waals surface area contributed by atoms with Crippen molar-refractivity contribution in [2.75, 3.05) is 47.8 Å². The number of allylic oxidation sites excluding steroid dienone is 2. The zero-order valence-corrected chi connectivity index (χ0v) is 44.9. The Bertz CT molecular complexity index is 3150. The van der Waals surface area contributed by atoms with Crippen LogP contribution in [-0.4, -0.2) is 62.9 Å². The van der Waals surface area contributed by atoms with Crippen molar-refractivity contribution >= 4 is 60.9 Å². The van der Waals surface area contributed by atoms with Gasteiger partial charge in [0.05, 0.1) is 27.1 Å². The van der Waals surface area contributed by atoms with E-state index in [2.05, 4.69) is 165 Å². The van der Waals surface area contributed by atoms with Crippen LogP contribution in [0.15, 0.2) is 129 Å². The van der Waals surface area contributed by atoms with Crippen molar-refractivity contribution < 1.29 is 0 Å². The number of nitrogens with zero attached hydrogens (tertiary/aromatic N) is 7. The topological polar surface area (TPSA) is 77.4 Å². The normalized spacial score (nSPS) is 18.3. The first-order valence-electron chi connectivity index (χ1n) is 26.9. The molecule has 9 nitrogen and oxygen atoms in total. The molecule has 4 aromatic carbocycles. The molecule has 1 saturated carbocycles. The molecule has 0 amide bonds. The average molecular weight is 990 g/mol. The Labute approximate surface area is 438 Å². The van der Waals surface area contributed by atoms with Gasteiger partial charge in [0.1, 0.15) is 5.82 Å². The number of thiazole rings is 1. The first kappa shape index (κ1) is 50.1. The minimum Gasteiger partial charge on any atom is -0.364 e. The van der Waals surface area contributed by atoms with Crippen molar-refractivity contribution in [1.29, 1.82) is 0 Å². The van der Waals surface area contributed by atoms with Gasteiger partial charge in [0.2, 0.25) is 0 Å². The van der Waals surface area contributed by atoms with Crippen molar-refractivity contribution in [2.24, 2.45) is 13.0 Å². The predicted octanol–water partition coefficient (Wildman–Crippen LogP) is 14.5. The van der Waals surface area contributed by atoms with E-state index in [1.807, 2.05) is 22.9 Å². The molecule has 1 unspecified atom stereocenters. The van der Waals surface area contributed by atoms with Gasteiger partial charge in [-0.25, -0.2) is 9.97 Å². The molecule has 0 spiro atoms. The van der Waals surface area contributed by atoms with Crippen molar-refractivity contribution in [3.05, 3.63) is 168 Å². The number of fused-ring (bicyclic) bond motifs is 3. The highest BCUT2D eigenvalue weighted by Crippen LogP contribution is 2.40. The second-order valence-corrected chi connectivity index (χ2v) is 22.6. The molecule has 11 rings (SSSR count). The van der Waals surface area contributed by atoms with E-state index in [9.17, 15) is 0 Å². The van der Waals surface area contributed by atoms with Crippen LogP contribution in [0.1, 0.15) is 117 Å². The first-order chi connectivity index (χ1) is 35.4. The lowest BCUT2D eigenvalue weighted by Gasteiger charge is -2.48. The predicted molar refractivity (Wildman–Crippen MR) is 311 cm³/mol. The number of aromatic nitrogens is 4. The molecule has 378 valence electrons. The second kappa shape index (κ2) is 21.5. The summed E-state index contributed by atoms with van der Waals surface area (Å²) in [6.07, 6.45) is 14.2. The van der Waals surface area contributed by atoms with Crippen molar-refractivity contribution in [3.63, 3.8) is 0 Å². The van der Waals surface area contributed by atoms with E-state index in [-0.39, 0.29) is 11.5 Å². The summed E-state index contributed by atoms with van der Waals surface area (Å²) in [5.74, 6) is 2.05. The average Bonchev–Trinajstić information content (AvgIpc) is 3.96. The van der Waals surface area contributed by atoms with Crippen LogP contribution in [0.2, 0.25) is 0 Å². The molecule has 3 fully saturated rings. The molecule has 4 aliphatic rings. The van der Waals surface area contributed by atoms with Gasteiger partial charge < -0.3 is 20.4 Å². The Morgan fingerprint density at radius 1 is 0.890 bits per heavy atom. The maximum atomic E-state index is 5.18. The zero-order chi connectivity index (χ0) is 50.8. The van der Waals surface area contributed by atoms with E-state index in [1.165, 1.54) is 106 Å². The van der Waals surface area contributed by atoms with Gasteiger partial charge in [-0.2, -0.15) is 5.10 Å². The number of hydrogen-bond acceptors (Lipinski definition) is 9. The molecule has 1 aliphatic carbocycles. The molecule has 73 heavy (non-hydrogen) atoms. The molecule has 3 aromatic heterocycles. The minimum absolute atomic E-state index is 0.116. The maximum absolute atomic E-state index is 5.18. The van der Waals surface area contributed by atoms with Gasteiger partial charge in [0.25, 0.3) is 0 Å². The number of nitrogens with one attached hydrogen (secondary N) is 2. The van der Waals surface area contributed by atoms with Crippen LogP contribution in [0.3, 0.4) is 0 Å². The Hall–Kier alpha value is -6.49. The highest BCUT2D eigenvalue weighted by atomic mass is 32.1. The number of para-hydroxylation sites is 1. The van der Waals surface area contributed by atoms with E-state index in [1.54, 1.807) is 11.3 Å². The number of piperazine rings is 1. The van der Waals surface area contributed by atoms with Crippen LogP contribution in [0.25, 0.3) is 44.0 Å². The van der Waals surface area contributed by atoms with Gasteiger partial charge in [-0.3, -0.25) is 9.58 Å². The van der Waals surface area contributed by atoms with Gasteiger partial charge in [-0.1, -0.05) is 125 Å². The van der Waals surface area contributed by atoms with E-state index in [0.717, 1.165) is 108 Å². The van der Waals surface area contributed by atoms with E-state index in [0.29, 0.717) is 0 Å². The van der Waals surface area contributed by atoms with Gasteiger partial charge in [0.15, 0.2) is 5.13 Å². The Kier molecular flexibility index (Phi) is 14.8. The van der Waals surface area contributed by atoms with E-state index >= 15 is 0 Å². The van der Waals surface area contributed by atoms with Crippen LogP contribution >= 0.6 is 11.3 Å². The number of anilines is 3. The lowest BCUT2D eigenvalue weighted by Crippen LogP contribution is -2.59. The highest BCUT2D eigenvalue weighted by Gasteiger charge is 2.34. The number of hydrogen-bond donors (Lipinski definition) is 2. The monoisotopic (exact) mass is 990 g/mol. The van der Waals surface area contributed by atoms with Crippen LogP contribution in [0.4, 0.5) is 16.6 Å². The Morgan fingerprint density at radius 2 is 1.71 bits per heavy atom. The third kappa shape index (κ3) is 10.7. The number of rotatable bonds is 12. The van der Waals surface area contributed by atoms with E-state index in [4.69, 9.17) is 15.1 Å². The lowest BCUT2D eigenvalue weighted by atomic mass is 9.83. The molecule has 2 N–H and O–H groups in total. The molecule has 6 heterocycles. The smallest absolute Gasteiger partial charge is 0.188 e. The fourth-order valence-electron chi connectivity index (χ4n) is 12.2. The number of piperidine rings is 1. The quantitative estimate of drug-likeness (QED) is 0.125. The fraction of sp³-hybridized carbons (Fsp3) is 0.381. The molecule has 0 radical (unpaired) electrons. The summed E-state index contributed by atoms with van der Waals surface area (Å²) >= 11 is 1.66. The second-order valence-electron chi connectivity index (χ2n) is 21.6. The number of benzene rings is 4. The Morgan fingerprint density at radius 3 is 2.49 bits per heavy atom. The maximum Gasteiger partial charge on any atom is 0.188 e. The Balaban J connectivity index is 0.000000183. The highest BCUT2D eigenvalue weighted by molar-refractivity contribution is 7.22. The molecule has 0 bridgehead atoms. The molecule has 1 atom stereocenters. The molecular weight excluding hydrogens is 915 g/mol. The molecule has 10 heteroatoms. The van der Waals surface area contributed by atoms with Gasteiger partial charge in [0, 0.05) is 90.5 Å². The lowest BCUT2D eigenvalue weighted by molar-refractivity contribution is 0.183. The summed E-state index contributed by atoms with van der Waals surface area (Å²) in [5, 5.41) is 13.8. The van der Waals surface area contributed by atoms with Crippen molar-refractivity contribution in [1.82, 2.24) is 30.0 Å². The summed E-state index contributed by atoms with van der Waals surface area (Å²) in [7, 11) is 2.05. The first-order valence-corrected chi connectivity index (χ1v) is 27.7. The SMILES string of the molecule is C=C1CCC(c2nn(C)c3cc(N4CCN(CCC)CC4(C)C)ccc23)C(=C)N1.C=Cc1nc(N2CCc3cccc(C(=C)Nc4nc5ccccc5s4)c3C2)ccc1-c1cccc(CC2CCCCC2)c1C. The number of aryl methyl sites for hydroxylation is 1. The minimum atomic E-state index is 0.116. The fourth-order valence-corrected chi connectivity index (χ4v) is 13.1. The van der Waals surface area contributed by atoms with Crippen molar-refractivity contribution in [2.45, 2.75) is 110 Å². The van der Waals surface area contributed by atoms with Crippen LogP contribution in [0, 0.1) is 12.8 Å². The molecule has 3 aliphatic heterocycles. The van der Waals surface area contributed by atoms with Crippen LogP contribution in [-0.2, 0) is 26.4 Å². The molecule has 2 saturated heterocycles. The van der Waals surface area contributed by atoms with Crippen LogP contribution < -0.4 is 20.4 Å². The third-order valence-electron chi connectivity index (χ3n) is 16.1. The van der Waals surface area contributed by atoms with Crippen molar-refractivity contribution in [3.8, 4) is 11.1 Å². The summed E-state index contributed by atoms with van der Waals surface area (Å²) in [5.41, 5.74) is 17.7. The van der Waals surface area contributed by atoms with E-state index < -0.39 is 0 Å². The van der Waals surface area contributed by atoms with Crippen LogP contribution in [0.5, 0.6) is 0 Å². The van der Waals surface area contributed by atoms with Gasteiger partial charge >= 0.3 is 0 Å². The summed E-state index contributed by atoms with van der Waals surface area (Å²) in [6, 6.07) is 32.9. The zero-order valence-electron chi connectivity index (χ0n) is 44.1.